The molecule has 3 rings (SSSR count). The summed E-state index contributed by atoms with van der Waals surface area (Å²) < 4.78 is 1.44. The first-order valence-electron chi connectivity index (χ1n) is 6.12. The van der Waals surface area contributed by atoms with Crippen molar-refractivity contribution in [3.8, 4) is 0 Å². The highest BCUT2D eigenvalue weighted by Gasteiger charge is 2.13. The van der Waals surface area contributed by atoms with E-state index in [4.69, 9.17) is 0 Å². The molecule has 0 aliphatic heterocycles. The Labute approximate surface area is 137 Å². The second-order valence-corrected chi connectivity index (χ2v) is 7.59. The van der Waals surface area contributed by atoms with E-state index in [0.717, 1.165) is 15.5 Å². The van der Waals surface area contributed by atoms with Gasteiger partial charge in [-0.2, -0.15) is 0 Å². The minimum absolute atomic E-state index is 0.0423. The van der Waals surface area contributed by atoms with Crippen molar-refractivity contribution in [1.82, 2.24) is 4.98 Å². The van der Waals surface area contributed by atoms with Crippen LogP contribution in [0.15, 0.2) is 52.9 Å². The van der Waals surface area contributed by atoms with E-state index < -0.39 is 4.92 Å². The molecule has 0 radical (unpaired) electrons. The van der Waals surface area contributed by atoms with Crippen LogP contribution in [0.25, 0.3) is 10.2 Å². The summed E-state index contributed by atoms with van der Waals surface area (Å²) in [6.45, 7) is 0. The van der Waals surface area contributed by atoms with Crippen LogP contribution in [0.4, 0.5) is 5.69 Å². The van der Waals surface area contributed by atoms with E-state index >= 15 is 0 Å². The molecule has 0 unspecified atom stereocenters. The second-order valence-electron chi connectivity index (χ2n) is 4.21. The number of nitrogens with zero attached hydrogens (tertiary/aromatic N) is 2. The Morgan fingerprint density at radius 2 is 1.95 bits per heavy atom. The van der Waals surface area contributed by atoms with Gasteiger partial charge < -0.3 is 0 Å². The van der Waals surface area contributed by atoms with Crippen molar-refractivity contribution in [2.24, 2.45) is 0 Å². The third-order valence-corrected chi connectivity index (χ3v) is 6.27. The van der Waals surface area contributed by atoms with Crippen LogP contribution in [0.3, 0.4) is 0 Å². The summed E-state index contributed by atoms with van der Waals surface area (Å²) in [4.78, 5) is 26.7. The highest BCUT2D eigenvalue weighted by molar-refractivity contribution is 8.82. The zero-order valence-corrected chi connectivity index (χ0v) is 13.4. The van der Waals surface area contributed by atoms with Gasteiger partial charge in [-0.3, -0.25) is 14.9 Å². The number of thiazole rings is 1. The van der Waals surface area contributed by atoms with Gasteiger partial charge in [0, 0.05) is 17.7 Å². The molecule has 0 fully saturated rings. The summed E-state index contributed by atoms with van der Waals surface area (Å²) in [7, 11) is 2.37. The molecule has 0 aliphatic carbocycles. The van der Waals surface area contributed by atoms with Crippen LogP contribution in [0, 0.1) is 10.1 Å². The van der Waals surface area contributed by atoms with Crippen molar-refractivity contribution >= 4 is 53.9 Å². The smallest absolute Gasteiger partial charge is 0.270 e. The maximum absolute atomic E-state index is 12.0. The van der Waals surface area contributed by atoms with Crippen LogP contribution < -0.4 is 0 Å². The van der Waals surface area contributed by atoms with Crippen LogP contribution in [0.2, 0.25) is 0 Å². The van der Waals surface area contributed by atoms with Gasteiger partial charge in [-0.15, -0.1) is 11.3 Å². The van der Waals surface area contributed by atoms with Gasteiger partial charge in [0.1, 0.15) is 0 Å². The number of rotatable bonds is 4. The van der Waals surface area contributed by atoms with E-state index in [9.17, 15) is 14.9 Å². The number of nitro groups is 1. The zero-order valence-electron chi connectivity index (χ0n) is 11.0. The Morgan fingerprint density at radius 3 is 2.68 bits per heavy atom. The molecule has 1 heterocycles. The fraction of sp³-hybridized carbons (Fsp3) is 0. The normalized spacial score (nSPS) is 10.7. The Morgan fingerprint density at radius 1 is 1.18 bits per heavy atom. The summed E-state index contributed by atoms with van der Waals surface area (Å²) in [5.41, 5.74) is 1.38. The minimum Gasteiger partial charge on any atom is -0.281 e. The molecule has 0 bridgehead atoms. The fourth-order valence-electron chi connectivity index (χ4n) is 1.74. The van der Waals surface area contributed by atoms with Crippen molar-refractivity contribution in [3.63, 3.8) is 0 Å². The predicted molar refractivity (Wildman–Crippen MR) is 90.5 cm³/mol. The molecule has 0 amide bonds. The molecule has 1 aromatic heterocycles. The standard InChI is InChI=1S/C14H8N2O3S3/c17-13(9-4-2-1-3-5-9)21-22-14-15-11-7-6-10(16(18)19)8-12(11)20-14/h1-8H. The summed E-state index contributed by atoms with van der Waals surface area (Å²) in [5, 5.41) is 10.7. The molecule has 2 aromatic carbocycles. The average molecular weight is 348 g/mol. The van der Waals surface area contributed by atoms with Crippen molar-refractivity contribution in [2.45, 2.75) is 4.34 Å². The maximum atomic E-state index is 12.0. The van der Waals surface area contributed by atoms with Crippen LogP contribution >= 0.6 is 32.9 Å². The molecule has 0 N–H and O–H groups in total. The van der Waals surface area contributed by atoms with E-state index in [1.807, 2.05) is 18.2 Å². The monoisotopic (exact) mass is 348 g/mol. The van der Waals surface area contributed by atoms with Gasteiger partial charge in [-0.1, -0.05) is 30.3 Å². The van der Waals surface area contributed by atoms with Gasteiger partial charge in [0.2, 0.25) is 5.12 Å². The van der Waals surface area contributed by atoms with Gasteiger partial charge in [0.15, 0.2) is 4.34 Å². The third-order valence-electron chi connectivity index (χ3n) is 2.76. The van der Waals surface area contributed by atoms with Crippen molar-refractivity contribution in [2.75, 3.05) is 0 Å². The molecule has 0 saturated carbocycles. The Balaban J connectivity index is 1.74. The quantitative estimate of drug-likeness (QED) is 0.383. The van der Waals surface area contributed by atoms with Gasteiger partial charge in [-0.05, 0) is 27.7 Å². The van der Waals surface area contributed by atoms with E-state index in [-0.39, 0.29) is 10.8 Å². The van der Waals surface area contributed by atoms with Crippen molar-refractivity contribution < 1.29 is 9.72 Å². The van der Waals surface area contributed by atoms with Gasteiger partial charge in [-0.25, -0.2) is 4.98 Å². The molecule has 22 heavy (non-hydrogen) atoms. The first-order chi connectivity index (χ1) is 10.6. The lowest BCUT2D eigenvalue weighted by Gasteiger charge is -1.97. The molecular weight excluding hydrogens is 340 g/mol. The van der Waals surface area contributed by atoms with E-state index in [1.165, 1.54) is 34.3 Å². The average Bonchev–Trinajstić information content (AvgIpc) is 2.95. The number of fused-ring (bicyclic) bond motifs is 1. The third kappa shape index (κ3) is 3.29. The lowest BCUT2D eigenvalue weighted by Crippen LogP contribution is -1.89. The van der Waals surface area contributed by atoms with Crippen LogP contribution in [0.1, 0.15) is 10.4 Å². The number of hydrogen-bond acceptors (Lipinski definition) is 7. The molecule has 0 spiro atoms. The molecule has 0 atom stereocenters. The second kappa shape index (κ2) is 6.47. The van der Waals surface area contributed by atoms with E-state index in [1.54, 1.807) is 18.2 Å². The summed E-state index contributed by atoms with van der Waals surface area (Å²) in [6.07, 6.45) is 0. The van der Waals surface area contributed by atoms with Gasteiger partial charge in [0.25, 0.3) is 5.69 Å². The summed E-state index contributed by atoms with van der Waals surface area (Å²) in [6, 6.07) is 13.6. The Kier molecular flexibility index (Phi) is 4.41. The lowest BCUT2D eigenvalue weighted by molar-refractivity contribution is -0.384. The largest absolute Gasteiger partial charge is 0.281 e. The maximum Gasteiger partial charge on any atom is 0.270 e. The van der Waals surface area contributed by atoms with Gasteiger partial charge in [0.05, 0.1) is 15.1 Å². The number of non-ortho nitro benzene ring substituents is 1. The number of hydrogen-bond donors (Lipinski definition) is 0. The molecule has 5 nitrogen and oxygen atoms in total. The van der Waals surface area contributed by atoms with Crippen LogP contribution in [-0.2, 0) is 0 Å². The highest BCUT2D eigenvalue weighted by atomic mass is 33.1. The predicted octanol–water partition coefficient (Wildman–Crippen LogP) is 4.79. The molecule has 0 saturated heterocycles. The first-order valence-corrected chi connectivity index (χ1v) is 9.09. The van der Waals surface area contributed by atoms with Gasteiger partial charge >= 0.3 is 0 Å². The molecule has 8 heteroatoms. The number of carbonyl (C=O) groups excluding carboxylic acids is 1. The van der Waals surface area contributed by atoms with E-state index in [2.05, 4.69) is 4.98 Å². The number of nitro benzene ring substituents is 1. The van der Waals surface area contributed by atoms with Crippen LogP contribution in [-0.4, -0.2) is 15.0 Å². The lowest BCUT2D eigenvalue weighted by atomic mass is 10.2. The number of carbonyl (C=O) groups is 1. The molecule has 110 valence electrons. The van der Waals surface area contributed by atoms with Crippen molar-refractivity contribution in [3.05, 3.63) is 64.2 Å². The molecular formula is C14H8N2O3S3. The first kappa shape index (κ1) is 15.0. The highest BCUT2D eigenvalue weighted by Crippen LogP contribution is 2.39. The SMILES string of the molecule is O=C(SSc1nc2ccc([N+](=O)[O-])cc2s1)c1ccccc1. The fourth-order valence-corrected chi connectivity index (χ4v) is 4.84. The van der Waals surface area contributed by atoms with Crippen LogP contribution in [0.5, 0.6) is 0 Å². The summed E-state index contributed by atoms with van der Waals surface area (Å²) >= 11 is 1.34. The number of aromatic nitrogens is 1. The molecule has 3 aromatic rings. The number of benzene rings is 2. The topological polar surface area (TPSA) is 73.1 Å². The Hall–Kier alpha value is -1.90. The zero-order chi connectivity index (χ0) is 15.5. The van der Waals surface area contributed by atoms with E-state index in [0.29, 0.717) is 15.4 Å². The Bertz CT molecular complexity index is 849. The summed E-state index contributed by atoms with van der Waals surface area (Å²) in [5.74, 6) is 0. The molecule has 0 aliphatic rings. The minimum atomic E-state index is -0.431. The van der Waals surface area contributed by atoms with Crippen molar-refractivity contribution in [1.29, 1.82) is 0 Å².